The van der Waals surface area contributed by atoms with Gasteiger partial charge >= 0.3 is 0 Å². The molecule has 1 heterocycles. The Morgan fingerprint density at radius 2 is 1.91 bits per heavy atom. The van der Waals surface area contributed by atoms with Gasteiger partial charge in [-0.2, -0.15) is 0 Å². The number of aryl methyl sites for hydroxylation is 1. The second kappa shape index (κ2) is 13.2. The summed E-state index contributed by atoms with van der Waals surface area (Å²) in [5.41, 5.74) is 4.48. The number of fused-ring (bicyclic) bond motifs is 1. The molecule has 3 heteroatoms. The Morgan fingerprint density at radius 1 is 1.11 bits per heavy atom. The maximum absolute atomic E-state index is 10.7. The molecule has 2 N–H and O–H groups in total. The molecule has 4 rings (SSSR count). The molecular formula is C32H49NO2. The van der Waals surface area contributed by atoms with Crippen LogP contribution in [0, 0.1) is 23.7 Å². The highest BCUT2D eigenvalue weighted by Crippen LogP contribution is 2.48. The number of piperidine rings is 1. The lowest BCUT2D eigenvalue weighted by molar-refractivity contribution is 0.139. The highest BCUT2D eigenvalue weighted by Gasteiger charge is 2.43. The van der Waals surface area contributed by atoms with Crippen LogP contribution in [-0.4, -0.2) is 40.4 Å². The van der Waals surface area contributed by atoms with Gasteiger partial charge in [-0.3, -0.25) is 4.90 Å². The highest BCUT2D eigenvalue weighted by atomic mass is 16.3. The van der Waals surface area contributed by atoms with Crippen LogP contribution in [0.1, 0.15) is 89.2 Å². The molecule has 6 atom stereocenters. The molecule has 194 valence electrons. The summed E-state index contributed by atoms with van der Waals surface area (Å²) >= 11 is 0. The number of hydrogen-bond acceptors (Lipinski definition) is 3. The van der Waals surface area contributed by atoms with Crippen molar-refractivity contribution in [1.29, 1.82) is 0 Å². The third-order valence-corrected chi connectivity index (χ3v) is 8.78. The number of unbranched alkanes of at least 4 members (excludes halogenated alkanes) is 1. The molecule has 3 aliphatic rings. The first kappa shape index (κ1) is 26.6. The molecule has 0 aromatic heterocycles. The SMILES string of the molecule is CCCC[C@H](C)C[C@H](O)C=C[C@@H]1[C@H]2CC(CCc3cccc(CN4CCCCC4)c3)=C[C@H]2C[C@H]1O. The normalized spacial score (nSPS) is 28.9. The lowest BCUT2D eigenvalue weighted by Crippen LogP contribution is -2.29. The van der Waals surface area contributed by atoms with Gasteiger partial charge < -0.3 is 10.2 Å². The first-order chi connectivity index (χ1) is 17.0. The summed E-state index contributed by atoms with van der Waals surface area (Å²) in [5.74, 6) is 1.74. The van der Waals surface area contributed by atoms with Crippen molar-refractivity contribution in [2.45, 2.75) is 103 Å². The molecule has 1 aromatic carbocycles. The van der Waals surface area contributed by atoms with Crippen molar-refractivity contribution in [3.63, 3.8) is 0 Å². The predicted molar refractivity (Wildman–Crippen MR) is 146 cm³/mol. The summed E-state index contributed by atoms with van der Waals surface area (Å²) in [5, 5.41) is 21.2. The second-order valence-corrected chi connectivity index (χ2v) is 11.8. The molecule has 0 radical (unpaired) electrons. The average molecular weight is 480 g/mol. The van der Waals surface area contributed by atoms with E-state index in [4.69, 9.17) is 0 Å². The van der Waals surface area contributed by atoms with Gasteiger partial charge in [0.25, 0.3) is 0 Å². The molecule has 1 saturated heterocycles. The third-order valence-electron chi connectivity index (χ3n) is 8.78. The van der Waals surface area contributed by atoms with Crippen LogP contribution in [0.5, 0.6) is 0 Å². The molecule has 1 aromatic rings. The average Bonchev–Trinajstić information content (AvgIpc) is 3.37. The Kier molecular flexibility index (Phi) is 10.1. The maximum Gasteiger partial charge on any atom is 0.0723 e. The fraction of sp³-hybridized carbons (Fsp3) is 0.688. The van der Waals surface area contributed by atoms with E-state index in [0.717, 1.165) is 38.6 Å². The van der Waals surface area contributed by atoms with E-state index in [0.29, 0.717) is 17.8 Å². The molecule has 0 amide bonds. The van der Waals surface area contributed by atoms with E-state index in [1.165, 1.54) is 62.7 Å². The van der Waals surface area contributed by atoms with Crippen LogP contribution in [0.25, 0.3) is 0 Å². The van der Waals surface area contributed by atoms with Crippen LogP contribution < -0.4 is 0 Å². The Labute approximate surface area is 214 Å². The van der Waals surface area contributed by atoms with Crippen LogP contribution in [0.2, 0.25) is 0 Å². The van der Waals surface area contributed by atoms with Crippen molar-refractivity contribution in [3.05, 3.63) is 59.2 Å². The quantitative estimate of drug-likeness (QED) is 0.329. The summed E-state index contributed by atoms with van der Waals surface area (Å²) < 4.78 is 0. The van der Waals surface area contributed by atoms with Gasteiger partial charge in [-0.25, -0.2) is 0 Å². The molecule has 1 aliphatic heterocycles. The third kappa shape index (κ3) is 7.78. The fourth-order valence-electron chi connectivity index (χ4n) is 6.77. The molecule has 1 saturated carbocycles. The van der Waals surface area contributed by atoms with Crippen molar-refractivity contribution < 1.29 is 10.2 Å². The zero-order chi connectivity index (χ0) is 24.6. The monoisotopic (exact) mass is 479 g/mol. The van der Waals surface area contributed by atoms with Crippen molar-refractivity contribution in [2.24, 2.45) is 23.7 Å². The predicted octanol–water partition coefficient (Wildman–Crippen LogP) is 6.68. The number of aliphatic hydroxyl groups is 2. The van der Waals surface area contributed by atoms with E-state index < -0.39 is 0 Å². The molecule has 2 fully saturated rings. The summed E-state index contributed by atoms with van der Waals surface area (Å²) in [4.78, 5) is 2.60. The van der Waals surface area contributed by atoms with Gasteiger partial charge in [-0.05, 0) is 86.9 Å². The van der Waals surface area contributed by atoms with Crippen LogP contribution in [0.15, 0.2) is 48.1 Å². The summed E-state index contributed by atoms with van der Waals surface area (Å²) in [7, 11) is 0. The van der Waals surface area contributed by atoms with Gasteiger partial charge in [0.05, 0.1) is 12.2 Å². The molecule has 0 unspecified atom stereocenters. The van der Waals surface area contributed by atoms with E-state index >= 15 is 0 Å². The number of rotatable bonds is 12. The first-order valence-electron chi connectivity index (χ1n) is 14.6. The second-order valence-electron chi connectivity index (χ2n) is 11.8. The van der Waals surface area contributed by atoms with E-state index in [1.807, 2.05) is 6.08 Å². The highest BCUT2D eigenvalue weighted by molar-refractivity contribution is 5.26. The largest absolute Gasteiger partial charge is 0.392 e. The minimum absolute atomic E-state index is 0.183. The lowest BCUT2D eigenvalue weighted by Gasteiger charge is -2.26. The van der Waals surface area contributed by atoms with Crippen molar-refractivity contribution in [1.82, 2.24) is 4.90 Å². The van der Waals surface area contributed by atoms with Gasteiger partial charge in [0, 0.05) is 12.5 Å². The Balaban J connectivity index is 1.25. The molecule has 0 bridgehead atoms. The van der Waals surface area contributed by atoms with E-state index in [9.17, 15) is 10.2 Å². The number of hydrogen-bond donors (Lipinski definition) is 2. The summed E-state index contributed by atoms with van der Waals surface area (Å²) in [6.45, 7) is 8.05. The molecule has 35 heavy (non-hydrogen) atoms. The number of aliphatic hydroxyl groups excluding tert-OH is 2. The number of allylic oxidation sites excluding steroid dienone is 2. The van der Waals surface area contributed by atoms with Gasteiger partial charge in [-0.1, -0.05) is 87.6 Å². The van der Waals surface area contributed by atoms with Crippen LogP contribution in [0.4, 0.5) is 0 Å². The minimum Gasteiger partial charge on any atom is -0.392 e. The Hall–Kier alpha value is -1.42. The zero-order valence-corrected chi connectivity index (χ0v) is 22.2. The van der Waals surface area contributed by atoms with Crippen molar-refractivity contribution in [3.8, 4) is 0 Å². The maximum atomic E-state index is 10.7. The number of nitrogens with zero attached hydrogens (tertiary/aromatic N) is 1. The zero-order valence-electron chi connectivity index (χ0n) is 22.2. The molecule has 2 aliphatic carbocycles. The Bertz CT molecular complexity index is 840. The minimum atomic E-state index is -0.390. The first-order valence-corrected chi connectivity index (χ1v) is 14.6. The van der Waals surface area contributed by atoms with Gasteiger partial charge in [0.2, 0.25) is 0 Å². The number of likely N-dealkylation sites (tertiary alicyclic amines) is 1. The Morgan fingerprint density at radius 3 is 2.71 bits per heavy atom. The van der Waals surface area contributed by atoms with Gasteiger partial charge in [0.1, 0.15) is 0 Å². The van der Waals surface area contributed by atoms with Crippen LogP contribution >= 0.6 is 0 Å². The van der Waals surface area contributed by atoms with Crippen LogP contribution in [0.3, 0.4) is 0 Å². The van der Waals surface area contributed by atoms with E-state index in [-0.39, 0.29) is 18.1 Å². The van der Waals surface area contributed by atoms with Crippen molar-refractivity contribution >= 4 is 0 Å². The van der Waals surface area contributed by atoms with Crippen molar-refractivity contribution in [2.75, 3.05) is 13.1 Å². The lowest BCUT2D eigenvalue weighted by atomic mass is 9.88. The van der Waals surface area contributed by atoms with Crippen LogP contribution in [-0.2, 0) is 13.0 Å². The smallest absolute Gasteiger partial charge is 0.0723 e. The van der Waals surface area contributed by atoms with Gasteiger partial charge in [0.15, 0.2) is 0 Å². The summed E-state index contributed by atoms with van der Waals surface area (Å²) in [6.07, 6.45) is 18.7. The standard InChI is InChI=1S/C32H49NO2/c1-3-4-9-24(2)18-29(34)14-15-30-31-21-26(20-28(31)22-32(30)35)13-12-25-10-8-11-27(19-25)23-33-16-6-5-7-17-33/h8,10-11,14-15,19-20,24,28-32,34-35H,3-7,9,12-13,16-18,21-23H2,1-2H3/t24-,28-,29+,30+,31-,32+/m0/s1. The molecular weight excluding hydrogens is 430 g/mol. The summed E-state index contributed by atoms with van der Waals surface area (Å²) in [6, 6.07) is 9.23. The molecule has 0 spiro atoms. The molecule has 3 nitrogen and oxygen atoms in total. The fourth-order valence-corrected chi connectivity index (χ4v) is 6.77. The van der Waals surface area contributed by atoms with Gasteiger partial charge in [-0.15, -0.1) is 0 Å². The van der Waals surface area contributed by atoms with E-state index in [1.54, 1.807) is 5.57 Å². The number of benzene rings is 1. The topological polar surface area (TPSA) is 43.7 Å². The van der Waals surface area contributed by atoms with E-state index in [2.05, 4.69) is 55.2 Å².